The van der Waals surface area contributed by atoms with Crippen molar-refractivity contribution in [2.75, 3.05) is 6.61 Å². The predicted molar refractivity (Wildman–Crippen MR) is 50.3 cm³/mol. The zero-order valence-electron chi connectivity index (χ0n) is 12.5. The van der Waals surface area contributed by atoms with Gasteiger partial charge in [-0.05, 0) is 0 Å². The smallest absolute Gasteiger partial charge is 1.00 e. The van der Waals surface area contributed by atoms with Gasteiger partial charge in [-0.3, -0.25) is 9.59 Å². The second-order valence-electron chi connectivity index (χ2n) is 3.07. The molecule has 0 rings (SSSR count). The minimum absolute atomic E-state index is 0. The molecule has 0 fully saturated rings. The Balaban J connectivity index is -0.000000213. The normalized spacial score (nSPS) is 9.53. The Labute approximate surface area is 154 Å². The second kappa shape index (κ2) is 10.6. The van der Waals surface area contributed by atoms with E-state index in [1.165, 1.54) is 0 Å². The Morgan fingerprint density at radius 1 is 0.947 bits per heavy atom. The number of aliphatic hydroxyl groups excluding tert-OH is 1. The molecule has 0 heterocycles. The standard InChI is InChI=1S/C8H10O9.2Na.2H/c9-3-6(14)17-8(7(15)16,1-4(10)11)2-5(12)13;;;;/h9H,1-3H2,(H,10,11)(H,12,13)(H,15,16);;;;/q;2*+1;2*-1. The monoisotopic (exact) mass is 298 g/mol. The SMILES string of the molecule is O=C(O)CC(CC(=O)O)(OC(=O)CO)C(=O)O.[H-].[H-].[Na+].[Na+]. The van der Waals surface area contributed by atoms with E-state index in [1.54, 1.807) is 0 Å². The Morgan fingerprint density at radius 3 is 1.53 bits per heavy atom. The van der Waals surface area contributed by atoms with E-state index in [1.807, 2.05) is 0 Å². The molecule has 0 aliphatic carbocycles. The van der Waals surface area contributed by atoms with Gasteiger partial charge in [0.05, 0.1) is 12.8 Å². The Hall–Kier alpha value is -0.160. The zero-order valence-corrected chi connectivity index (χ0v) is 14.5. The topological polar surface area (TPSA) is 158 Å². The molecule has 100 valence electrons. The van der Waals surface area contributed by atoms with Gasteiger partial charge in [0, 0.05) is 0 Å². The van der Waals surface area contributed by atoms with Crippen molar-refractivity contribution in [2.45, 2.75) is 18.4 Å². The van der Waals surface area contributed by atoms with Gasteiger partial charge < -0.3 is 28.0 Å². The maximum absolute atomic E-state index is 10.9. The molecule has 0 saturated carbocycles. The molecule has 9 nitrogen and oxygen atoms in total. The van der Waals surface area contributed by atoms with Gasteiger partial charge in [0.25, 0.3) is 0 Å². The van der Waals surface area contributed by atoms with Crippen LogP contribution in [0.4, 0.5) is 0 Å². The summed E-state index contributed by atoms with van der Waals surface area (Å²) in [7, 11) is 0. The van der Waals surface area contributed by atoms with Crippen LogP contribution in [0.5, 0.6) is 0 Å². The molecule has 0 radical (unpaired) electrons. The fraction of sp³-hybridized carbons (Fsp3) is 0.500. The van der Waals surface area contributed by atoms with E-state index in [0.29, 0.717) is 0 Å². The van der Waals surface area contributed by atoms with Crippen LogP contribution in [0.2, 0.25) is 0 Å². The third-order valence-electron chi connectivity index (χ3n) is 1.70. The first-order chi connectivity index (χ1) is 7.73. The van der Waals surface area contributed by atoms with Gasteiger partial charge in [-0.2, -0.15) is 0 Å². The van der Waals surface area contributed by atoms with Crippen molar-refractivity contribution in [1.82, 2.24) is 0 Å². The van der Waals surface area contributed by atoms with Crippen molar-refractivity contribution in [2.24, 2.45) is 0 Å². The summed E-state index contributed by atoms with van der Waals surface area (Å²) in [5.41, 5.74) is -2.72. The molecular formula is C8H12Na2O9. The molecule has 0 amide bonds. The fourth-order valence-corrected chi connectivity index (χ4v) is 1.07. The van der Waals surface area contributed by atoms with Gasteiger partial charge in [0.2, 0.25) is 5.60 Å². The summed E-state index contributed by atoms with van der Waals surface area (Å²) in [4.78, 5) is 42.6. The van der Waals surface area contributed by atoms with Crippen LogP contribution >= 0.6 is 0 Å². The minimum atomic E-state index is -2.72. The average Bonchev–Trinajstić information content (AvgIpc) is 2.14. The number of carbonyl (C=O) groups is 4. The third kappa shape index (κ3) is 8.58. The molecule has 0 atom stereocenters. The fourth-order valence-electron chi connectivity index (χ4n) is 1.07. The summed E-state index contributed by atoms with van der Waals surface area (Å²) in [5.74, 6) is -6.64. The molecule has 11 heteroatoms. The van der Waals surface area contributed by atoms with Crippen LogP contribution in [0.25, 0.3) is 0 Å². The molecular weight excluding hydrogens is 286 g/mol. The molecule has 0 unspecified atom stereocenters. The number of carbonyl (C=O) groups excluding carboxylic acids is 1. The predicted octanol–water partition coefficient (Wildman–Crippen LogP) is -7.47. The van der Waals surface area contributed by atoms with Gasteiger partial charge in [-0.1, -0.05) is 0 Å². The molecule has 0 aromatic heterocycles. The quantitative estimate of drug-likeness (QED) is 0.264. The van der Waals surface area contributed by atoms with Crippen LogP contribution in [0.3, 0.4) is 0 Å². The Bertz CT molecular complexity index is 348. The summed E-state index contributed by atoms with van der Waals surface area (Å²) in [5, 5.41) is 34.1. The second-order valence-corrected chi connectivity index (χ2v) is 3.07. The van der Waals surface area contributed by atoms with E-state index >= 15 is 0 Å². The molecule has 0 spiro atoms. The summed E-state index contributed by atoms with van der Waals surface area (Å²) in [6.45, 7) is -1.19. The molecule has 0 aromatic carbocycles. The first-order valence-corrected chi connectivity index (χ1v) is 4.23. The van der Waals surface area contributed by atoms with Gasteiger partial charge in [-0.15, -0.1) is 0 Å². The van der Waals surface area contributed by atoms with Gasteiger partial charge in [0.1, 0.15) is 6.61 Å². The van der Waals surface area contributed by atoms with Gasteiger partial charge >= 0.3 is 83.0 Å². The number of carboxylic acids is 3. The first-order valence-electron chi connectivity index (χ1n) is 4.23. The number of ether oxygens (including phenoxy) is 1. The van der Waals surface area contributed by atoms with Gasteiger partial charge in [0.15, 0.2) is 0 Å². The zero-order chi connectivity index (χ0) is 13.6. The average molecular weight is 298 g/mol. The molecule has 0 aliphatic rings. The first kappa shape index (κ1) is 23.9. The van der Waals surface area contributed by atoms with E-state index in [0.717, 1.165) is 0 Å². The van der Waals surface area contributed by atoms with Gasteiger partial charge in [-0.25, -0.2) is 9.59 Å². The molecule has 19 heavy (non-hydrogen) atoms. The van der Waals surface area contributed by atoms with E-state index < -0.39 is 48.9 Å². The third-order valence-corrected chi connectivity index (χ3v) is 1.70. The number of rotatable bonds is 7. The maximum atomic E-state index is 10.9. The van der Waals surface area contributed by atoms with Crippen LogP contribution in [-0.4, -0.2) is 56.5 Å². The van der Waals surface area contributed by atoms with E-state index in [-0.39, 0.29) is 62.0 Å². The van der Waals surface area contributed by atoms with E-state index in [9.17, 15) is 19.2 Å². The van der Waals surface area contributed by atoms with Crippen molar-refractivity contribution >= 4 is 23.9 Å². The van der Waals surface area contributed by atoms with Crippen molar-refractivity contribution in [3.8, 4) is 0 Å². The van der Waals surface area contributed by atoms with Crippen LogP contribution < -0.4 is 59.1 Å². The van der Waals surface area contributed by atoms with Crippen molar-refractivity contribution in [3.05, 3.63) is 0 Å². The molecule has 0 saturated heterocycles. The van der Waals surface area contributed by atoms with Crippen LogP contribution in [0.15, 0.2) is 0 Å². The molecule has 0 aromatic rings. The number of aliphatic hydroxyl groups is 1. The molecule has 0 bridgehead atoms. The Morgan fingerprint density at radius 2 is 1.32 bits per heavy atom. The summed E-state index contributed by atoms with van der Waals surface area (Å²) in [6, 6.07) is 0. The van der Waals surface area contributed by atoms with E-state index in [4.69, 9.17) is 20.4 Å². The minimum Gasteiger partial charge on any atom is -1.00 e. The molecule has 4 N–H and O–H groups in total. The van der Waals surface area contributed by atoms with Crippen molar-refractivity contribution in [1.29, 1.82) is 0 Å². The largest absolute Gasteiger partial charge is 1.00 e. The number of aliphatic carboxylic acids is 3. The van der Waals surface area contributed by atoms with Crippen LogP contribution in [-0.2, 0) is 23.9 Å². The number of esters is 1. The number of hydrogen-bond donors (Lipinski definition) is 4. The summed E-state index contributed by atoms with van der Waals surface area (Å²) >= 11 is 0. The number of carboxylic acid groups (broad SMARTS) is 3. The summed E-state index contributed by atoms with van der Waals surface area (Å²) < 4.78 is 4.22. The maximum Gasteiger partial charge on any atom is 1.00 e. The van der Waals surface area contributed by atoms with Crippen LogP contribution in [0.1, 0.15) is 15.7 Å². The number of hydrogen-bond acceptors (Lipinski definition) is 6. The van der Waals surface area contributed by atoms with Crippen LogP contribution in [0, 0.1) is 0 Å². The summed E-state index contributed by atoms with van der Waals surface area (Å²) in [6.07, 6.45) is -2.44. The Kier molecular flexibility index (Phi) is 13.3. The van der Waals surface area contributed by atoms with Crippen molar-refractivity contribution < 1.29 is 106 Å². The van der Waals surface area contributed by atoms with Crippen molar-refractivity contribution in [3.63, 3.8) is 0 Å². The van der Waals surface area contributed by atoms with E-state index in [2.05, 4.69) is 4.74 Å². The molecule has 0 aliphatic heterocycles.